The highest BCUT2D eigenvalue weighted by Gasteiger charge is 2.04. The Morgan fingerprint density at radius 2 is 2.00 bits per heavy atom. The first-order valence-electron chi connectivity index (χ1n) is 4.33. The van der Waals surface area contributed by atoms with E-state index in [2.05, 4.69) is 9.97 Å². The van der Waals surface area contributed by atoms with Gasteiger partial charge >= 0.3 is 0 Å². The van der Waals surface area contributed by atoms with Crippen molar-refractivity contribution >= 4 is 5.78 Å². The molecule has 0 bridgehead atoms. The van der Waals surface area contributed by atoms with Gasteiger partial charge < -0.3 is 5.73 Å². The molecule has 0 radical (unpaired) electrons. The van der Waals surface area contributed by atoms with Gasteiger partial charge in [0.15, 0.2) is 5.78 Å². The molecule has 0 saturated heterocycles. The fraction of sp³-hybridized carbons (Fsp3) is 0.444. The highest BCUT2D eigenvalue weighted by Crippen LogP contribution is 2.03. The van der Waals surface area contributed by atoms with E-state index in [1.54, 1.807) is 0 Å². The summed E-state index contributed by atoms with van der Waals surface area (Å²) in [5.74, 6) is 0.0917. The van der Waals surface area contributed by atoms with Crippen LogP contribution < -0.4 is 5.73 Å². The van der Waals surface area contributed by atoms with Crippen molar-refractivity contribution < 1.29 is 4.79 Å². The molecule has 1 aromatic rings. The topological polar surface area (TPSA) is 68.9 Å². The van der Waals surface area contributed by atoms with Crippen molar-refractivity contribution in [3.8, 4) is 0 Å². The Labute approximate surface area is 77.2 Å². The molecule has 13 heavy (non-hydrogen) atoms. The number of aromatic nitrogens is 2. The van der Waals surface area contributed by atoms with Crippen molar-refractivity contribution in [3.63, 3.8) is 0 Å². The van der Waals surface area contributed by atoms with E-state index in [1.807, 2.05) is 0 Å². The lowest BCUT2D eigenvalue weighted by Crippen LogP contribution is -2.03. The predicted octanol–water partition coefficient (Wildman–Crippen LogP) is 0.788. The van der Waals surface area contributed by atoms with E-state index in [1.165, 1.54) is 18.7 Å². The van der Waals surface area contributed by atoms with Crippen LogP contribution in [0, 0.1) is 0 Å². The summed E-state index contributed by atoms with van der Waals surface area (Å²) >= 11 is 0. The first-order chi connectivity index (χ1) is 6.34. The third-order valence-electron chi connectivity index (χ3n) is 1.74. The number of ketones is 1. The second-order valence-corrected chi connectivity index (χ2v) is 2.80. The number of nitrogens with two attached hydrogens (primary N) is 1. The van der Waals surface area contributed by atoms with Gasteiger partial charge in [-0.15, -0.1) is 0 Å². The number of hydrogen-bond acceptors (Lipinski definition) is 4. The molecule has 0 spiro atoms. The molecular formula is C9H13N3O. The van der Waals surface area contributed by atoms with E-state index in [-0.39, 0.29) is 5.78 Å². The van der Waals surface area contributed by atoms with Gasteiger partial charge in [0, 0.05) is 18.8 Å². The maximum atomic E-state index is 11.4. The summed E-state index contributed by atoms with van der Waals surface area (Å²) in [4.78, 5) is 19.0. The first kappa shape index (κ1) is 9.80. The maximum Gasteiger partial charge on any atom is 0.165 e. The number of Topliss-reactive ketones (excluding diaryl/α,β-unsaturated/α-hetero) is 1. The zero-order valence-corrected chi connectivity index (χ0v) is 7.44. The molecular weight excluding hydrogens is 166 g/mol. The lowest BCUT2D eigenvalue weighted by atomic mass is 10.1. The van der Waals surface area contributed by atoms with Crippen LogP contribution >= 0.6 is 0 Å². The minimum absolute atomic E-state index is 0.0917. The number of carbonyl (C=O) groups is 1. The summed E-state index contributed by atoms with van der Waals surface area (Å²) < 4.78 is 0. The van der Waals surface area contributed by atoms with E-state index in [0.29, 0.717) is 18.5 Å². The number of carbonyl (C=O) groups excluding carboxylic acids is 1. The van der Waals surface area contributed by atoms with Crippen LogP contribution in [-0.2, 0) is 0 Å². The standard InChI is InChI=1S/C9H13N3O/c10-4-2-1-3-9(13)8-5-11-7-12-6-8/h5-7H,1-4,10H2. The van der Waals surface area contributed by atoms with Gasteiger partial charge in [-0.1, -0.05) is 0 Å². The minimum Gasteiger partial charge on any atom is -0.330 e. The molecule has 0 aliphatic rings. The Bertz CT molecular complexity index is 261. The van der Waals surface area contributed by atoms with Crippen LogP contribution in [0.4, 0.5) is 0 Å². The summed E-state index contributed by atoms with van der Waals surface area (Å²) in [6.45, 7) is 0.637. The summed E-state index contributed by atoms with van der Waals surface area (Å²) in [6.07, 6.45) is 6.75. The lowest BCUT2D eigenvalue weighted by molar-refractivity contribution is 0.0979. The summed E-state index contributed by atoms with van der Waals surface area (Å²) in [7, 11) is 0. The first-order valence-corrected chi connectivity index (χ1v) is 4.33. The second kappa shape index (κ2) is 5.37. The molecule has 0 aliphatic carbocycles. The molecule has 1 rings (SSSR count). The zero-order valence-electron chi connectivity index (χ0n) is 7.44. The van der Waals surface area contributed by atoms with E-state index < -0.39 is 0 Å². The smallest absolute Gasteiger partial charge is 0.165 e. The Kier molecular flexibility index (Phi) is 4.05. The van der Waals surface area contributed by atoms with Crippen molar-refractivity contribution in [2.24, 2.45) is 5.73 Å². The zero-order chi connectivity index (χ0) is 9.52. The monoisotopic (exact) mass is 179 g/mol. The fourth-order valence-electron chi connectivity index (χ4n) is 1.02. The summed E-state index contributed by atoms with van der Waals surface area (Å²) in [5.41, 5.74) is 5.90. The quantitative estimate of drug-likeness (QED) is 0.536. The van der Waals surface area contributed by atoms with Crippen molar-refractivity contribution in [3.05, 3.63) is 24.3 Å². The van der Waals surface area contributed by atoms with E-state index >= 15 is 0 Å². The summed E-state index contributed by atoms with van der Waals surface area (Å²) in [6, 6.07) is 0. The van der Waals surface area contributed by atoms with E-state index in [9.17, 15) is 4.79 Å². The molecule has 70 valence electrons. The third-order valence-corrected chi connectivity index (χ3v) is 1.74. The third kappa shape index (κ3) is 3.29. The van der Waals surface area contributed by atoms with Crippen LogP contribution in [0.2, 0.25) is 0 Å². The summed E-state index contributed by atoms with van der Waals surface area (Å²) in [5, 5.41) is 0. The lowest BCUT2D eigenvalue weighted by Gasteiger charge is -1.98. The van der Waals surface area contributed by atoms with Gasteiger partial charge in [-0.3, -0.25) is 4.79 Å². The molecule has 0 unspecified atom stereocenters. The van der Waals surface area contributed by atoms with Crippen molar-refractivity contribution in [1.82, 2.24) is 9.97 Å². The largest absolute Gasteiger partial charge is 0.330 e. The van der Waals surface area contributed by atoms with Crippen molar-refractivity contribution in [2.75, 3.05) is 6.54 Å². The van der Waals surface area contributed by atoms with Crippen LogP contribution in [0.25, 0.3) is 0 Å². The SMILES string of the molecule is NCCCCC(=O)c1cncnc1. The Balaban J connectivity index is 2.40. The Morgan fingerprint density at radius 3 is 2.62 bits per heavy atom. The molecule has 1 aromatic heterocycles. The molecule has 0 atom stereocenters. The van der Waals surface area contributed by atoms with Crippen LogP contribution in [0.1, 0.15) is 29.6 Å². The van der Waals surface area contributed by atoms with Gasteiger partial charge in [-0.2, -0.15) is 0 Å². The van der Waals surface area contributed by atoms with Crippen LogP contribution in [0.3, 0.4) is 0 Å². The number of rotatable bonds is 5. The second-order valence-electron chi connectivity index (χ2n) is 2.80. The van der Waals surface area contributed by atoms with Crippen molar-refractivity contribution in [1.29, 1.82) is 0 Å². The van der Waals surface area contributed by atoms with Gasteiger partial charge in [0.05, 0.1) is 5.56 Å². The molecule has 0 aromatic carbocycles. The number of unbranched alkanes of at least 4 members (excludes halogenated alkanes) is 1. The average Bonchev–Trinajstić information content (AvgIpc) is 2.19. The molecule has 1 heterocycles. The molecule has 4 nitrogen and oxygen atoms in total. The van der Waals surface area contributed by atoms with Crippen LogP contribution in [0.5, 0.6) is 0 Å². The van der Waals surface area contributed by atoms with Crippen LogP contribution in [-0.4, -0.2) is 22.3 Å². The predicted molar refractivity (Wildman–Crippen MR) is 49.3 cm³/mol. The van der Waals surface area contributed by atoms with Gasteiger partial charge in [-0.25, -0.2) is 9.97 Å². The maximum absolute atomic E-state index is 11.4. The van der Waals surface area contributed by atoms with Crippen molar-refractivity contribution in [2.45, 2.75) is 19.3 Å². The molecule has 0 amide bonds. The number of hydrogen-bond donors (Lipinski definition) is 1. The fourth-order valence-corrected chi connectivity index (χ4v) is 1.02. The average molecular weight is 179 g/mol. The molecule has 0 saturated carbocycles. The number of nitrogens with zero attached hydrogens (tertiary/aromatic N) is 2. The van der Waals surface area contributed by atoms with Gasteiger partial charge in [0.2, 0.25) is 0 Å². The molecule has 4 heteroatoms. The minimum atomic E-state index is 0.0917. The molecule has 2 N–H and O–H groups in total. The van der Waals surface area contributed by atoms with Gasteiger partial charge in [0.1, 0.15) is 6.33 Å². The molecule has 0 fully saturated rings. The highest BCUT2D eigenvalue weighted by atomic mass is 16.1. The van der Waals surface area contributed by atoms with E-state index in [0.717, 1.165) is 12.8 Å². The van der Waals surface area contributed by atoms with Crippen LogP contribution in [0.15, 0.2) is 18.7 Å². The Hall–Kier alpha value is -1.29. The normalized spacial score (nSPS) is 9.92. The van der Waals surface area contributed by atoms with E-state index in [4.69, 9.17) is 5.73 Å². The highest BCUT2D eigenvalue weighted by molar-refractivity contribution is 5.95. The van der Waals surface area contributed by atoms with Gasteiger partial charge in [-0.05, 0) is 19.4 Å². The molecule has 0 aliphatic heterocycles. The Morgan fingerprint density at radius 1 is 1.31 bits per heavy atom. The van der Waals surface area contributed by atoms with Gasteiger partial charge in [0.25, 0.3) is 0 Å².